The van der Waals surface area contributed by atoms with E-state index in [1.165, 1.54) is 18.2 Å². The van der Waals surface area contributed by atoms with E-state index in [0.29, 0.717) is 18.9 Å². The summed E-state index contributed by atoms with van der Waals surface area (Å²) in [4.78, 5) is 0. The Hall–Kier alpha value is -1.67. The molecule has 1 spiro atoms. The third-order valence-electron chi connectivity index (χ3n) is 4.82. The van der Waals surface area contributed by atoms with Gasteiger partial charge in [0.15, 0.2) is 9.84 Å². The Morgan fingerprint density at radius 3 is 2.61 bits per heavy atom. The van der Waals surface area contributed by atoms with E-state index < -0.39 is 25.9 Å². The van der Waals surface area contributed by atoms with Crippen molar-refractivity contribution in [2.45, 2.75) is 30.1 Å². The van der Waals surface area contributed by atoms with Gasteiger partial charge in [-0.1, -0.05) is 0 Å². The molecule has 0 aromatic heterocycles. The average molecular weight is 341 g/mol. The first-order chi connectivity index (χ1) is 10.7. The van der Waals surface area contributed by atoms with E-state index in [0.717, 1.165) is 0 Å². The van der Waals surface area contributed by atoms with Gasteiger partial charge in [-0.25, -0.2) is 12.8 Å². The molecule has 0 saturated carbocycles. The average Bonchev–Trinajstić information content (AvgIpc) is 2.48. The van der Waals surface area contributed by atoms with Crippen LogP contribution in [0.2, 0.25) is 0 Å². The van der Waals surface area contributed by atoms with Gasteiger partial charge >= 0.3 is 0 Å². The quantitative estimate of drug-likeness (QED) is 0.665. The van der Waals surface area contributed by atoms with Crippen molar-refractivity contribution in [2.75, 3.05) is 24.7 Å². The van der Waals surface area contributed by atoms with Crippen molar-refractivity contribution in [1.82, 2.24) is 5.32 Å². The van der Waals surface area contributed by atoms with E-state index in [1.807, 2.05) is 0 Å². The number of nitrogens with two attached hydrogens (primary N) is 1. The topological polar surface area (TPSA) is 105 Å². The van der Waals surface area contributed by atoms with E-state index in [4.69, 9.17) is 15.9 Å². The van der Waals surface area contributed by atoms with Gasteiger partial charge in [-0.2, -0.15) is 0 Å². The monoisotopic (exact) mass is 341 g/mol. The summed E-state index contributed by atoms with van der Waals surface area (Å²) in [6.07, 6.45) is 0.493. The highest BCUT2D eigenvalue weighted by Gasteiger charge is 2.56. The predicted molar refractivity (Wildman–Crippen MR) is 85.6 cm³/mol. The number of amidine groups is 1. The van der Waals surface area contributed by atoms with Crippen LogP contribution in [0.4, 0.5) is 10.1 Å². The third-order valence-corrected chi connectivity index (χ3v) is 7.58. The van der Waals surface area contributed by atoms with E-state index in [1.54, 1.807) is 6.92 Å². The number of benzene rings is 1. The maximum absolute atomic E-state index is 14.2. The molecule has 1 atom stereocenters. The van der Waals surface area contributed by atoms with Gasteiger partial charge in [0, 0.05) is 24.5 Å². The van der Waals surface area contributed by atoms with Crippen LogP contribution < -0.4 is 11.1 Å². The summed E-state index contributed by atoms with van der Waals surface area (Å²) < 4.78 is 44.2. The zero-order valence-corrected chi connectivity index (χ0v) is 13.7. The fraction of sp³-hybridized carbons (Fsp3) is 0.533. The van der Waals surface area contributed by atoms with Gasteiger partial charge in [0.05, 0.1) is 11.3 Å². The lowest BCUT2D eigenvalue weighted by Gasteiger charge is -2.47. The largest absolute Gasteiger partial charge is 0.399 e. The van der Waals surface area contributed by atoms with Crippen LogP contribution >= 0.6 is 0 Å². The van der Waals surface area contributed by atoms with E-state index in [9.17, 15) is 12.8 Å². The number of halogens is 1. The Balaban J connectivity index is 2.06. The number of hydrogen-bond donors (Lipinski definition) is 3. The van der Waals surface area contributed by atoms with Crippen molar-refractivity contribution >= 4 is 21.4 Å². The number of hydrogen-bond acceptors (Lipinski definition) is 5. The number of nitrogens with one attached hydrogen (secondary N) is 2. The summed E-state index contributed by atoms with van der Waals surface area (Å²) in [5, 5.41) is 11.3. The molecule has 2 saturated heterocycles. The SMILES string of the molecule is C[C@@]1(c2cc(N)ccc2F)CS(=O)(=O)C2(CCOCC2)C(=N)N1. The van der Waals surface area contributed by atoms with E-state index in [-0.39, 0.29) is 30.0 Å². The van der Waals surface area contributed by atoms with Crippen LogP contribution in [-0.2, 0) is 20.1 Å². The lowest BCUT2D eigenvalue weighted by atomic mass is 9.89. The van der Waals surface area contributed by atoms with Crippen molar-refractivity contribution in [3.8, 4) is 0 Å². The molecule has 2 aliphatic heterocycles. The van der Waals surface area contributed by atoms with Crippen molar-refractivity contribution in [3.05, 3.63) is 29.6 Å². The fourth-order valence-corrected chi connectivity index (χ4v) is 5.89. The van der Waals surface area contributed by atoms with Crippen molar-refractivity contribution in [3.63, 3.8) is 0 Å². The standard InChI is InChI=1S/C15H20FN3O3S/c1-14(11-8-10(17)2-3-12(11)16)9-23(20,21)15(13(18)19-14)4-6-22-7-5-15/h2-3,8H,4-7,9,17H2,1H3,(H2,18,19)/t14-/m0/s1. The summed E-state index contributed by atoms with van der Waals surface area (Å²) in [5.41, 5.74) is 5.00. The summed E-state index contributed by atoms with van der Waals surface area (Å²) in [7, 11) is -3.66. The minimum absolute atomic E-state index is 0.0867. The van der Waals surface area contributed by atoms with Crippen LogP contribution in [-0.4, -0.2) is 38.0 Å². The summed E-state index contributed by atoms with van der Waals surface area (Å²) in [5.74, 6) is -0.917. The van der Waals surface area contributed by atoms with Gasteiger partial charge in [-0.3, -0.25) is 5.41 Å². The number of nitrogen functional groups attached to an aromatic ring is 1. The number of ether oxygens (including phenoxy) is 1. The number of rotatable bonds is 1. The lowest BCUT2D eigenvalue weighted by molar-refractivity contribution is 0.0861. The molecule has 1 aromatic carbocycles. The molecule has 0 radical (unpaired) electrons. The van der Waals surface area contributed by atoms with Crippen molar-refractivity contribution < 1.29 is 17.5 Å². The molecule has 23 heavy (non-hydrogen) atoms. The highest BCUT2D eigenvalue weighted by Crippen LogP contribution is 2.40. The molecule has 126 valence electrons. The minimum Gasteiger partial charge on any atom is -0.399 e. The van der Waals surface area contributed by atoms with Crippen LogP contribution in [0.1, 0.15) is 25.3 Å². The molecule has 6 nitrogen and oxygen atoms in total. The molecule has 0 bridgehead atoms. The second-order valence-corrected chi connectivity index (χ2v) is 8.74. The molecule has 4 N–H and O–H groups in total. The van der Waals surface area contributed by atoms with Crippen molar-refractivity contribution in [1.29, 1.82) is 5.41 Å². The third kappa shape index (κ3) is 2.40. The Labute approximate surface area is 134 Å². The van der Waals surface area contributed by atoms with Gasteiger partial charge in [0.25, 0.3) is 0 Å². The number of sulfone groups is 1. The van der Waals surface area contributed by atoms with Gasteiger partial charge < -0.3 is 15.8 Å². The molecule has 0 aliphatic carbocycles. The van der Waals surface area contributed by atoms with Crippen LogP contribution in [0.25, 0.3) is 0 Å². The van der Waals surface area contributed by atoms with Crippen LogP contribution in [0, 0.1) is 11.2 Å². The Morgan fingerprint density at radius 1 is 1.35 bits per heavy atom. The minimum atomic E-state index is -3.66. The highest BCUT2D eigenvalue weighted by molar-refractivity contribution is 7.93. The molecule has 2 fully saturated rings. The fourth-order valence-electron chi connectivity index (χ4n) is 3.47. The molecular weight excluding hydrogens is 321 g/mol. The van der Waals surface area contributed by atoms with E-state index >= 15 is 0 Å². The normalized spacial score (nSPS) is 29.2. The predicted octanol–water partition coefficient (Wildman–Crippen LogP) is 1.17. The Morgan fingerprint density at radius 2 is 2.00 bits per heavy atom. The Kier molecular flexibility index (Phi) is 3.64. The maximum Gasteiger partial charge on any atom is 0.166 e. The zero-order valence-electron chi connectivity index (χ0n) is 12.9. The van der Waals surface area contributed by atoms with Crippen LogP contribution in [0.3, 0.4) is 0 Å². The molecule has 8 heteroatoms. The lowest BCUT2D eigenvalue weighted by Crippen LogP contribution is -2.67. The first-order valence-corrected chi connectivity index (χ1v) is 9.08. The zero-order chi connectivity index (χ0) is 16.9. The van der Waals surface area contributed by atoms with Gasteiger partial charge in [-0.15, -0.1) is 0 Å². The Bertz CT molecular complexity index is 759. The van der Waals surface area contributed by atoms with Gasteiger partial charge in [0.2, 0.25) is 0 Å². The first kappa shape index (κ1) is 16.2. The van der Waals surface area contributed by atoms with Crippen LogP contribution in [0.15, 0.2) is 18.2 Å². The molecule has 2 heterocycles. The first-order valence-electron chi connectivity index (χ1n) is 7.43. The smallest absolute Gasteiger partial charge is 0.166 e. The second-order valence-electron chi connectivity index (χ2n) is 6.44. The van der Waals surface area contributed by atoms with Crippen molar-refractivity contribution in [2.24, 2.45) is 0 Å². The van der Waals surface area contributed by atoms with Gasteiger partial charge in [0.1, 0.15) is 16.4 Å². The summed E-state index contributed by atoms with van der Waals surface area (Å²) in [6.45, 7) is 2.18. The molecule has 3 rings (SSSR count). The maximum atomic E-state index is 14.2. The molecule has 2 aliphatic rings. The molecule has 1 aromatic rings. The highest BCUT2D eigenvalue weighted by atomic mass is 32.2. The second kappa shape index (κ2) is 5.17. The number of anilines is 1. The summed E-state index contributed by atoms with van der Waals surface area (Å²) >= 11 is 0. The van der Waals surface area contributed by atoms with Crippen LogP contribution in [0.5, 0.6) is 0 Å². The molecular formula is C15H20FN3O3S. The molecule has 0 amide bonds. The summed E-state index contributed by atoms with van der Waals surface area (Å²) in [6, 6.07) is 4.06. The van der Waals surface area contributed by atoms with E-state index in [2.05, 4.69) is 5.32 Å². The molecule has 0 unspecified atom stereocenters. The van der Waals surface area contributed by atoms with Gasteiger partial charge in [-0.05, 0) is 38.0 Å².